The van der Waals surface area contributed by atoms with E-state index in [1.54, 1.807) is 0 Å². The normalized spacial score (nSPS) is 9.85. The summed E-state index contributed by atoms with van der Waals surface area (Å²) in [5, 5.41) is 0. The SMILES string of the molecule is C=Cc1c(N(C)C)ccc(C)c1C. The number of aryl methyl sites for hydroxylation is 1. The Bertz CT molecular complexity index is 324. The number of rotatable bonds is 2. The monoisotopic (exact) mass is 175 g/mol. The number of anilines is 1. The maximum Gasteiger partial charge on any atom is 0.0437 e. The van der Waals surface area contributed by atoms with Crippen LogP contribution in [-0.2, 0) is 0 Å². The summed E-state index contributed by atoms with van der Waals surface area (Å²) < 4.78 is 0. The number of hydrogen-bond acceptors (Lipinski definition) is 1. The molecule has 0 saturated heterocycles. The van der Waals surface area contributed by atoms with Gasteiger partial charge in [0.1, 0.15) is 0 Å². The van der Waals surface area contributed by atoms with Gasteiger partial charge in [-0.05, 0) is 31.0 Å². The Morgan fingerprint density at radius 3 is 2.31 bits per heavy atom. The molecule has 13 heavy (non-hydrogen) atoms. The molecule has 1 rings (SSSR count). The van der Waals surface area contributed by atoms with E-state index in [9.17, 15) is 0 Å². The van der Waals surface area contributed by atoms with Crippen molar-refractivity contribution in [3.8, 4) is 0 Å². The van der Waals surface area contributed by atoms with E-state index < -0.39 is 0 Å². The number of nitrogens with zero attached hydrogens (tertiary/aromatic N) is 1. The van der Waals surface area contributed by atoms with Gasteiger partial charge < -0.3 is 4.90 Å². The topological polar surface area (TPSA) is 3.24 Å². The quantitative estimate of drug-likeness (QED) is 0.668. The van der Waals surface area contributed by atoms with Crippen LogP contribution in [0, 0.1) is 13.8 Å². The zero-order chi connectivity index (χ0) is 10.0. The highest BCUT2D eigenvalue weighted by molar-refractivity contribution is 5.70. The minimum atomic E-state index is 1.23. The second-order valence-corrected chi connectivity index (χ2v) is 3.54. The molecule has 70 valence electrons. The van der Waals surface area contributed by atoms with E-state index in [1.807, 2.05) is 6.08 Å². The first-order valence-corrected chi connectivity index (χ1v) is 4.48. The van der Waals surface area contributed by atoms with E-state index in [4.69, 9.17) is 0 Å². The Kier molecular flexibility index (Phi) is 2.76. The Morgan fingerprint density at radius 2 is 1.85 bits per heavy atom. The molecule has 0 aliphatic heterocycles. The zero-order valence-corrected chi connectivity index (χ0v) is 8.89. The Balaban J connectivity index is 3.38. The molecule has 1 aromatic carbocycles. The van der Waals surface area contributed by atoms with Crippen LogP contribution in [0.4, 0.5) is 5.69 Å². The van der Waals surface area contributed by atoms with Crippen molar-refractivity contribution in [3.63, 3.8) is 0 Å². The lowest BCUT2D eigenvalue weighted by Crippen LogP contribution is -2.11. The van der Waals surface area contributed by atoms with Crippen molar-refractivity contribution in [1.29, 1.82) is 0 Å². The highest BCUT2D eigenvalue weighted by Crippen LogP contribution is 2.25. The van der Waals surface area contributed by atoms with Gasteiger partial charge in [0.25, 0.3) is 0 Å². The van der Waals surface area contributed by atoms with Gasteiger partial charge in [-0.3, -0.25) is 0 Å². The Morgan fingerprint density at radius 1 is 1.23 bits per heavy atom. The summed E-state index contributed by atoms with van der Waals surface area (Å²) in [4.78, 5) is 2.11. The van der Waals surface area contributed by atoms with E-state index in [1.165, 1.54) is 22.4 Å². The molecule has 0 aliphatic rings. The van der Waals surface area contributed by atoms with E-state index >= 15 is 0 Å². The van der Waals surface area contributed by atoms with E-state index in [0.717, 1.165) is 0 Å². The van der Waals surface area contributed by atoms with Gasteiger partial charge >= 0.3 is 0 Å². The molecule has 0 aliphatic carbocycles. The summed E-state index contributed by atoms with van der Waals surface area (Å²) in [6, 6.07) is 4.29. The first kappa shape index (κ1) is 9.85. The van der Waals surface area contributed by atoms with Gasteiger partial charge in [0.15, 0.2) is 0 Å². The standard InChI is InChI=1S/C12H17N/c1-6-11-10(3)9(2)7-8-12(11)13(4)5/h6-8H,1H2,2-5H3. The third kappa shape index (κ3) is 1.74. The fourth-order valence-corrected chi connectivity index (χ4v) is 1.47. The van der Waals surface area contributed by atoms with Crippen molar-refractivity contribution in [2.45, 2.75) is 13.8 Å². The van der Waals surface area contributed by atoms with Crippen molar-refractivity contribution in [1.82, 2.24) is 0 Å². The maximum atomic E-state index is 3.85. The van der Waals surface area contributed by atoms with Crippen LogP contribution in [0.3, 0.4) is 0 Å². The molecular formula is C12H17N. The highest BCUT2D eigenvalue weighted by atomic mass is 15.1. The van der Waals surface area contributed by atoms with Gasteiger partial charge in [0, 0.05) is 25.3 Å². The third-order valence-corrected chi connectivity index (χ3v) is 2.45. The molecule has 0 aromatic heterocycles. The van der Waals surface area contributed by atoms with Crippen LogP contribution in [0.2, 0.25) is 0 Å². The molecule has 0 atom stereocenters. The van der Waals surface area contributed by atoms with Crippen LogP contribution in [0.1, 0.15) is 16.7 Å². The molecule has 0 radical (unpaired) electrons. The lowest BCUT2D eigenvalue weighted by Gasteiger charge is -2.18. The lowest BCUT2D eigenvalue weighted by atomic mass is 10.0. The Labute approximate surface area is 80.7 Å². The average molecular weight is 175 g/mol. The van der Waals surface area contributed by atoms with Crippen molar-refractivity contribution in [2.75, 3.05) is 19.0 Å². The van der Waals surface area contributed by atoms with E-state index in [0.29, 0.717) is 0 Å². The molecule has 1 nitrogen and oxygen atoms in total. The average Bonchev–Trinajstić information content (AvgIpc) is 2.09. The molecule has 0 fully saturated rings. The van der Waals surface area contributed by atoms with Crippen LogP contribution < -0.4 is 4.90 Å². The molecule has 1 heteroatoms. The van der Waals surface area contributed by atoms with Crippen molar-refractivity contribution in [2.24, 2.45) is 0 Å². The summed E-state index contributed by atoms with van der Waals surface area (Å²) in [5.41, 5.74) is 5.12. The highest BCUT2D eigenvalue weighted by Gasteiger charge is 2.05. The van der Waals surface area contributed by atoms with Crippen LogP contribution in [0.15, 0.2) is 18.7 Å². The molecule has 0 saturated carbocycles. The first-order valence-electron chi connectivity index (χ1n) is 4.48. The molecule has 0 bridgehead atoms. The summed E-state index contributed by atoms with van der Waals surface area (Å²) in [7, 11) is 4.11. The van der Waals surface area contributed by atoms with Gasteiger partial charge in [-0.1, -0.05) is 18.7 Å². The van der Waals surface area contributed by atoms with Gasteiger partial charge in [-0.2, -0.15) is 0 Å². The lowest BCUT2D eigenvalue weighted by molar-refractivity contribution is 1.12. The van der Waals surface area contributed by atoms with Gasteiger partial charge in [-0.25, -0.2) is 0 Å². The maximum absolute atomic E-state index is 3.85. The summed E-state index contributed by atoms with van der Waals surface area (Å²) in [5.74, 6) is 0. The van der Waals surface area contributed by atoms with Gasteiger partial charge in [-0.15, -0.1) is 0 Å². The minimum absolute atomic E-state index is 1.23. The largest absolute Gasteiger partial charge is 0.377 e. The molecule has 0 amide bonds. The predicted octanol–water partition coefficient (Wildman–Crippen LogP) is 3.01. The van der Waals surface area contributed by atoms with Crippen LogP contribution in [0.25, 0.3) is 6.08 Å². The van der Waals surface area contributed by atoms with Crippen LogP contribution in [-0.4, -0.2) is 14.1 Å². The third-order valence-electron chi connectivity index (χ3n) is 2.45. The fourth-order valence-electron chi connectivity index (χ4n) is 1.47. The summed E-state index contributed by atoms with van der Waals surface area (Å²) in [6.07, 6.45) is 1.93. The molecule has 1 aromatic rings. The van der Waals surface area contributed by atoms with Gasteiger partial charge in [0.05, 0.1) is 0 Å². The summed E-state index contributed by atoms with van der Waals surface area (Å²) >= 11 is 0. The first-order chi connectivity index (χ1) is 6.07. The van der Waals surface area contributed by atoms with Crippen LogP contribution in [0.5, 0.6) is 0 Å². The van der Waals surface area contributed by atoms with Crippen molar-refractivity contribution >= 4 is 11.8 Å². The number of benzene rings is 1. The van der Waals surface area contributed by atoms with E-state index in [-0.39, 0.29) is 0 Å². The minimum Gasteiger partial charge on any atom is -0.377 e. The molecule has 0 N–H and O–H groups in total. The Hall–Kier alpha value is -1.24. The summed E-state index contributed by atoms with van der Waals surface area (Å²) in [6.45, 7) is 8.11. The van der Waals surface area contributed by atoms with Crippen molar-refractivity contribution in [3.05, 3.63) is 35.4 Å². The second-order valence-electron chi connectivity index (χ2n) is 3.54. The zero-order valence-electron chi connectivity index (χ0n) is 8.89. The van der Waals surface area contributed by atoms with Crippen molar-refractivity contribution < 1.29 is 0 Å². The number of hydrogen-bond donors (Lipinski definition) is 0. The molecule has 0 heterocycles. The van der Waals surface area contributed by atoms with Gasteiger partial charge in [0.2, 0.25) is 0 Å². The van der Waals surface area contributed by atoms with E-state index in [2.05, 4.69) is 51.6 Å². The molecular weight excluding hydrogens is 158 g/mol. The predicted molar refractivity (Wildman–Crippen MR) is 60.3 cm³/mol. The van der Waals surface area contributed by atoms with Crippen LogP contribution >= 0.6 is 0 Å². The fraction of sp³-hybridized carbons (Fsp3) is 0.333. The molecule has 0 spiro atoms. The molecule has 0 unspecified atom stereocenters. The second kappa shape index (κ2) is 3.65. The smallest absolute Gasteiger partial charge is 0.0437 e.